The van der Waals surface area contributed by atoms with Crippen molar-refractivity contribution in [3.63, 3.8) is 0 Å². The van der Waals surface area contributed by atoms with Crippen LogP contribution in [0.15, 0.2) is 17.0 Å². The van der Waals surface area contributed by atoms with Crippen molar-refractivity contribution in [1.82, 2.24) is 4.72 Å². The van der Waals surface area contributed by atoms with E-state index in [-0.39, 0.29) is 26.4 Å². The van der Waals surface area contributed by atoms with E-state index in [1.807, 2.05) is 0 Å². The molecule has 9 heteroatoms. The van der Waals surface area contributed by atoms with Crippen molar-refractivity contribution in [3.05, 3.63) is 27.7 Å². The lowest BCUT2D eigenvalue weighted by Crippen LogP contribution is -2.29. The largest absolute Gasteiger partial charge is 0.478 e. The average Bonchev–Trinajstić information content (AvgIpc) is 2.88. The first-order valence-electron chi connectivity index (χ1n) is 6.11. The van der Waals surface area contributed by atoms with Crippen molar-refractivity contribution in [2.75, 3.05) is 18.1 Å². The van der Waals surface area contributed by atoms with Crippen LogP contribution in [0.2, 0.25) is 10.0 Å². The van der Waals surface area contributed by atoms with Gasteiger partial charge in [0.25, 0.3) is 0 Å². The van der Waals surface area contributed by atoms with Crippen LogP contribution in [0.3, 0.4) is 0 Å². The summed E-state index contributed by atoms with van der Waals surface area (Å²) in [5, 5.41) is 8.81. The minimum Gasteiger partial charge on any atom is -0.478 e. The second kappa shape index (κ2) is 6.75. The standard InChI is InChI=1S/C12H13Cl2NO4S2/c13-9-4-10(14)11(3-8(9)12(16)17)21(18,19)15-5-7-1-2-20-6-7/h3-4,7,15H,1-2,5-6H2,(H,16,17). The highest BCUT2D eigenvalue weighted by Crippen LogP contribution is 2.29. The van der Waals surface area contributed by atoms with Gasteiger partial charge in [0.2, 0.25) is 10.0 Å². The van der Waals surface area contributed by atoms with Crippen molar-refractivity contribution in [2.24, 2.45) is 5.92 Å². The van der Waals surface area contributed by atoms with E-state index >= 15 is 0 Å². The Bertz CT molecular complexity index is 657. The third kappa shape index (κ3) is 4.04. The Kier molecular flexibility index (Phi) is 5.43. The molecule has 5 nitrogen and oxygen atoms in total. The van der Waals surface area contributed by atoms with E-state index in [2.05, 4.69) is 4.72 Å². The van der Waals surface area contributed by atoms with E-state index in [9.17, 15) is 13.2 Å². The first-order valence-corrected chi connectivity index (χ1v) is 9.50. The van der Waals surface area contributed by atoms with Crippen LogP contribution in [0.5, 0.6) is 0 Å². The number of rotatable bonds is 5. The Labute approximate surface area is 137 Å². The third-order valence-corrected chi connectivity index (χ3v) is 6.56. The molecule has 0 amide bonds. The first-order chi connectivity index (χ1) is 9.81. The molecule has 1 aromatic rings. The van der Waals surface area contributed by atoms with Gasteiger partial charge in [-0.3, -0.25) is 0 Å². The molecule has 1 unspecified atom stereocenters. The molecule has 0 spiro atoms. The Balaban J connectivity index is 2.26. The number of hydrogen-bond donors (Lipinski definition) is 2. The molecular weight excluding hydrogens is 357 g/mol. The highest BCUT2D eigenvalue weighted by Gasteiger charge is 2.24. The molecule has 0 bridgehead atoms. The Hall–Kier alpha value is -0.470. The number of carboxylic acids is 1. The van der Waals surface area contributed by atoms with Crippen LogP contribution in [-0.2, 0) is 10.0 Å². The van der Waals surface area contributed by atoms with E-state index in [0.29, 0.717) is 6.54 Å². The summed E-state index contributed by atoms with van der Waals surface area (Å²) in [6.45, 7) is 0.316. The zero-order valence-corrected chi connectivity index (χ0v) is 13.9. The van der Waals surface area contributed by atoms with Crippen LogP contribution in [0, 0.1) is 5.92 Å². The summed E-state index contributed by atoms with van der Waals surface area (Å²) in [4.78, 5) is 10.8. The fraction of sp³-hybridized carbons (Fsp3) is 0.417. The number of aromatic carboxylic acids is 1. The molecule has 0 saturated carbocycles. The SMILES string of the molecule is O=C(O)c1cc(S(=O)(=O)NCC2CCSC2)c(Cl)cc1Cl. The van der Waals surface area contributed by atoms with Crippen LogP contribution < -0.4 is 4.72 Å². The molecule has 0 aliphatic carbocycles. The predicted molar refractivity (Wildman–Crippen MR) is 84.0 cm³/mol. The number of carboxylic acid groups (broad SMARTS) is 1. The highest BCUT2D eigenvalue weighted by molar-refractivity contribution is 7.99. The van der Waals surface area contributed by atoms with Gasteiger partial charge in [-0.05, 0) is 36.0 Å². The van der Waals surface area contributed by atoms with Gasteiger partial charge in [0.05, 0.1) is 15.6 Å². The van der Waals surface area contributed by atoms with Crippen LogP contribution >= 0.6 is 35.0 Å². The van der Waals surface area contributed by atoms with Crippen LogP contribution in [-0.4, -0.2) is 37.5 Å². The van der Waals surface area contributed by atoms with E-state index < -0.39 is 16.0 Å². The lowest BCUT2D eigenvalue weighted by molar-refractivity contribution is 0.0697. The molecule has 2 N–H and O–H groups in total. The molecule has 1 heterocycles. The molecule has 1 aliphatic rings. The van der Waals surface area contributed by atoms with Gasteiger partial charge in [-0.15, -0.1) is 0 Å². The average molecular weight is 370 g/mol. The van der Waals surface area contributed by atoms with Crippen molar-refractivity contribution in [2.45, 2.75) is 11.3 Å². The molecule has 1 atom stereocenters. The van der Waals surface area contributed by atoms with Crippen LogP contribution in [0.1, 0.15) is 16.8 Å². The van der Waals surface area contributed by atoms with E-state index in [4.69, 9.17) is 28.3 Å². The molecule has 0 aromatic heterocycles. The van der Waals surface area contributed by atoms with Gasteiger partial charge >= 0.3 is 5.97 Å². The highest BCUT2D eigenvalue weighted by atomic mass is 35.5. The Morgan fingerprint density at radius 1 is 1.38 bits per heavy atom. The third-order valence-electron chi connectivity index (χ3n) is 3.13. The van der Waals surface area contributed by atoms with Gasteiger partial charge in [0.1, 0.15) is 4.90 Å². The molecule has 2 rings (SSSR count). The number of halogens is 2. The summed E-state index contributed by atoms with van der Waals surface area (Å²) < 4.78 is 27.0. The fourth-order valence-electron chi connectivity index (χ4n) is 1.95. The van der Waals surface area contributed by atoms with E-state index in [0.717, 1.165) is 30.1 Å². The maximum Gasteiger partial charge on any atom is 0.337 e. The van der Waals surface area contributed by atoms with Crippen LogP contribution in [0.4, 0.5) is 0 Å². The summed E-state index contributed by atoms with van der Waals surface area (Å²) in [6.07, 6.45) is 0.960. The Morgan fingerprint density at radius 2 is 2.10 bits per heavy atom. The van der Waals surface area contributed by atoms with Gasteiger partial charge in [0.15, 0.2) is 0 Å². The lowest BCUT2D eigenvalue weighted by atomic mass is 10.1. The number of sulfonamides is 1. The van der Waals surface area contributed by atoms with E-state index in [1.54, 1.807) is 11.8 Å². The second-order valence-electron chi connectivity index (χ2n) is 4.65. The summed E-state index contributed by atoms with van der Waals surface area (Å²) in [5.74, 6) is 0.921. The first kappa shape index (κ1) is 16.9. The molecule has 21 heavy (non-hydrogen) atoms. The van der Waals surface area contributed by atoms with E-state index in [1.165, 1.54) is 0 Å². The zero-order valence-electron chi connectivity index (χ0n) is 10.8. The van der Waals surface area contributed by atoms with Crippen molar-refractivity contribution in [1.29, 1.82) is 0 Å². The van der Waals surface area contributed by atoms with Crippen molar-refractivity contribution >= 4 is 51.0 Å². The second-order valence-corrected chi connectivity index (χ2v) is 8.35. The van der Waals surface area contributed by atoms with Gasteiger partial charge in [-0.25, -0.2) is 17.9 Å². The lowest BCUT2D eigenvalue weighted by Gasteiger charge is -2.12. The zero-order chi connectivity index (χ0) is 15.6. The molecule has 116 valence electrons. The quantitative estimate of drug-likeness (QED) is 0.833. The normalized spacial score (nSPS) is 18.9. The predicted octanol–water partition coefficient (Wildman–Crippen LogP) is 2.72. The summed E-state index contributed by atoms with van der Waals surface area (Å²) in [7, 11) is -3.86. The molecule has 1 aromatic carbocycles. The summed E-state index contributed by atoms with van der Waals surface area (Å²) in [6, 6.07) is 2.12. The molecule has 1 fully saturated rings. The number of hydrogen-bond acceptors (Lipinski definition) is 4. The smallest absolute Gasteiger partial charge is 0.337 e. The monoisotopic (exact) mass is 369 g/mol. The number of thioether (sulfide) groups is 1. The maximum atomic E-state index is 12.3. The fourth-order valence-corrected chi connectivity index (χ4v) is 5.20. The number of carbonyl (C=O) groups is 1. The van der Waals surface area contributed by atoms with Crippen LogP contribution in [0.25, 0.3) is 0 Å². The topological polar surface area (TPSA) is 83.5 Å². The van der Waals surface area contributed by atoms with Crippen molar-refractivity contribution < 1.29 is 18.3 Å². The number of nitrogens with one attached hydrogen (secondary N) is 1. The van der Waals surface area contributed by atoms with Crippen molar-refractivity contribution in [3.8, 4) is 0 Å². The molecule has 1 aliphatic heterocycles. The summed E-state index contributed by atoms with van der Waals surface area (Å²) in [5.41, 5.74) is -0.294. The molecule has 1 saturated heterocycles. The van der Waals surface area contributed by atoms with Gasteiger partial charge in [-0.1, -0.05) is 23.2 Å². The molecule has 0 radical (unpaired) electrons. The van der Waals surface area contributed by atoms with Gasteiger partial charge < -0.3 is 5.11 Å². The minimum atomic E-state index is -3.86. The van der Waals surface area contributed by atoms with Gasteiger partial charge in [-0.2, -0.15) is 11.8 Å². The Morgan fingerprint density at radius 3 is 2.67 bits per heavy atom. The minimum absolute atomic E-state index is 0.0985. The molecular formula is C12H13Cl2NO4S2. The maximum absolute atomic E-state index is 12.3. The van der Waals surface area contributed by atoms with Gasteiger partial charge in [0, 0.05) is 6.54 Å². The summed E-state index contributed by atoms with van der Waals surface area (Å²) >= 11 is 13.4. The number of benzene rings is 1.